The highest BCUT2D eigenvalue weighted by molar-refractivity contribution is 7.81. The Morgan fingerprint density at radius 1 is 0.677 bits per heavy atom. The Labute approximate surface area is 198 Å². The van der Waals surface area contributed by atoms with Crippen LogP contribution in [0.4, 0.5) is 0 Å². The van der Waals surface area contributed by atoms with Crippen LogP contribution in [0.5, 0.6) is 0 Å². The summed E-state index contributed by atoms with van der Waals surface area (Å²) in [5, 5.41) is 0.0784. The molecule has 0 rings (SSSR count). The molecule has 1 unspecified atom stereocenters. The number of hydrogen-bond acceptors (Lipinski definition) is 7. The fraction of sp³-hybridized carbons (Fsp3) is 1.00. The second-order valence-corrected chi connectivity index (χ2v) is 11.2. The number of rotatable bonds is 23. The van der Waals surface area contributed by atoms with Gasteiger partial charge in [0, 0.05) is 63.0 Å². The molecule has 0 fully saturated rings. The van der Waals surface area contributed by atoms with Gasteiger partial charge in [-0.2, -0.15) is 12.6 Å². The second-order valence-electron chi connectivity index (χ2n) is 7.87. The van der Waals surface area contributed by atoms with Crippen LogP contribution >= 0.6 is 12.6 Å². The van der Waals surface area contributed by atoms with E-state index in [9.17, 15) is 0 Å². The molecule has 8 heteroatoms. The van der Waals surface area contributed by atoms with Gasteiger partial charge >= 0.3 is 8.80 Å². The molecule has 0 aliphatic rings. The summed E-state index contributed by atoms with van der Waals surface area (Å²) >= 11 is 5.06. The lowest BCUT2D eigenvalue weighted by molar-refractivity contribution is -0.0332. The van der Waals surface area contributed by atoms with Crippen molar-refractivity contribution in [2.24, 2.45) is 5.41 Å². The Morgan fingerprint density at radius 2 is 1.13 bits per heavy atom. The highest BCUT2D eigenvalue weighted by Gasteiger charge is 2.46. The molecule has 0 aliphatic heterocycles. The third kappa shape index (κ3) is 13.0. The van der Waals surface area contributed by atoms with Crippen molar-refractivity contribution < 1.29 is 27.5 Å². The quantitative estimate of drug-likeness (QED) is 0.120. The second kappa shape index (κ2) is 19.8. The average molecular weight is 483 g/mol. The van der Waals surface area contributed by atoms with E-state index in [-0.39, 0.29) is 10.7 Å². The largest absolute Gasteiger partial charge is 0.500 e. The first-order chi connectivity index (χ1) is 15.0. The molecule has 31 heavy (non-hydrogen) atoms. The van der Waals surface area contributed by atoms with Crippen LogP contribution in [0.3, 0.4) is 0 Å². The average Bonchev–Trinajstić information content (AvgIpc) is 2.75. The standard InChI is InChI=1S/C23H50O6SSi/c1-7-15-24-18-13-22(30)23(20-25-16-8-2,21-26-17-9-3)14-19-31(27-10-4,28-11-5)29-12-6/h22,30H,7-21H2,1-6H3. The van der Waals surface area contributed by atoms with Crippen LogP contribution in [-0.2, 0) is 27.5 Å². The van der Waals surface area contributed by atoms with Gasteiger partial charge in [-0.3, -0.25) is 0 Å². The van der Waals surface area contributed by atoms with Crippen LogP contribution < -0.4 is 0 Å². The molecule has 0 radical (unpaired) electrons. The van der Waals surface area contributed by atoms with Gasteiger partial charge in [-0.15, -0.1) is 0 Å². The molecular weight excluding hydrogens is 432 g/mol. The summed E-state index contributed by atoms with van der Waals surface area (Å²) in [4.78, 5) is 0. The highest BCUT2D eigenvalue weighted by Crippen LogP contribution is 2.38. The summed E-state index contributed by atoms with van der Waals surface area (Å²) in [7, 11) is -2.77. The molecule has 0 saturated heterocycles. The minimum absolute atomic E-state index is 0.0784. The van der Waals surface area contributed by atoms with E-state index in [1.165, 1.54) is 0 Å². The van der Waals surface area contributed by atoms with Crippen LogP contribution in [0.1, 0.15) is 73.6 Å². The fourth-order valence-electron chi connectivity index (χ4n) is 3.54. The van der Waals surface area contributed by atoms with Gasteiger partial charge in [-0.1, -0.05) is 20.8 Å². The molecule has 1 atom stereocenters. The molecule has 0 aromatic heterocycles. The van der Waals surface area contributed by atoms with Crippen LogP contribution in [0, 0.1) is 5.41 Å². The van der Waals surface area contributed by atoms with Crippen molar-refractivity contribution in [2.75, 3.05) is 59.5 Å². The molecule has 0 bridgehead atoms. The summed E-state index contributed by atoms with van der Waals surface area (Å²) in [6, 6.07) is 0.723. The Balaban J connectivity index is 5.60. The smallest absolute Gasteiger partial charge is 0.381 e. The molecule has 0 amide bonds. The van der Waals surface area contributed by atoms with Crippen LogP contribution in [0.25, 0.3) is 0 Å². The monoisotopic (exact) mass is 482 g/mol. The Morgan fingerprint density at radius 3 is 1.55 bits per heavy atom. The van der Waals surface area contributed by atoms with Gasteiger partial charge in [-0.05, 0) is 52.9 Å². The highest BCUT2D eigenvalue weighted by atomic mass is 32.1. The predicted molar refractivity (Wildman–Crippen MR) is 133 cm³/mol. The predicted octanol–water partition coefficient (Wildman–Crippen LogP) is 5.38. The molecule has 0 saturated carbocycles. The Bertz CT molecular complexity index is 375. The molecule has 0 aromatic rings. The van der Waals surface area contributed by atoms with E-state index >= 15 is 0 Å². The van der Waals surface area contributed by atoms with Gasteiger partial charge in [0.1, 0.15) is 0 Å². The van der Waals surface area contributed by atoms with Crippen molar-refractivity contribution >= 4 is 21.4 Å². The fourth-order valence-corrected chi connectivity index (χ4v) is 6.73. The van der Waals surface area contributed by atoms with Crippen molar-refractivity contribution in [1.29, 1.82) is 0 Å². The van der Waals surface area contributed by atoms with E-state index < -0.39 is 8.80 Å². The first-order valence-corrected chi connectivity index (χ1v) is 14.8. The Kier molecular flexibility index (Phi) is 20.0. The zero-order chi connectivity index (χ0) is 23.4. The molecule has 188 valence electrons. The number of thiol groups is 1. The topological polar surface area (TPSA) is 55.4 Å². The SMILES string of the molecule is CCCOCCC(S)C(CC[Si](OCC)(OCC)OCC)(COCCC)COCCC. The van der Waals surface area contributed by atoms with Crippen molar-refractivity contribution in [3.63, 3.8) is 0 Å². The third-order valence-electron chi connectivity index (χ3n) is 5.09. The molecule has 0 aliphatic carbocycles. The number of hydrogen-bond donors (Lipinski definition) is 1. The van der Waals surface area contributed by atoms with Gasteiger partial charge in [0.2, 0.25) is 0 Å². The van der Waals surface area contributed by atoms with Gasteiger partial charge in [-0.25, -0.2) is 0 Å². The first-order valence-electron chi connectivity index (χ1n) is 12.3. The van der Waals surface area contributed by atoms with Crippen LogP contribution in [-0.4, -0.2) is 73.5 Å². The summed E-state index contributed by atoms with van der Waals surface area (Å²) in [6.45, 7) is 18.2. The van der Waals surface area contributed by atoms with Crippen molar-refractivity contribution in [1.82, 2.24) is 0 Å². The van der Waals surface area contributed by atoms with Crippen molar-refractivity contribution in [3.05, 3.63) is 0 Å². The van der Waals surface area contributed by atoms with Crippen LogP contribution in [0.2, 0.25) is 6.04 Å². The van der Waals surface area contributed by atoms with E-state index in [2.05, 4.69) is 20.8 Å². The van der Waals surface area contributed by atoms with Gasteiger partial charge in [0.05, 0.1) is 13.2 Å². The minimum Gasteiger partial charge on any atom is -0.381 e. The maximum atomic E-state index is 6.11. The van der Waals surface area contributed by atoms with E-state index in [1.54, 1.807) is 0 Å². The zero-order valence-corrected chi connectivity index (χ0v) is 23.0. The molecular formula is C23H50O6SSi. The zero-order valence-electron chi connectivity index (χ0n) is 21.1. The lowest BCUT2D eigenvalue weighted by Gasteiger charge is -2.40. The molecule has 6 nitrogen and oxygen atoms in total. The minimum atomic E-state index is -2.77. The third-order valence-corrected chi connectivity index (χ3v) is 8.94. The van der Waals surface area contributed by atoms with E-state index in [0.29, 0.717) is 39.6 Å². The lowest BCUT2D eigenvalue weighted by atomic mass is 9.81. The molecule has 0 heterocycles. The number of ether oxygens (including phenoxy) is 3. The van der Waals surface area contributed by atoms with Gasteiger partial charge in [0.15, 0.2) is 0 Å². The normalized spacial score (nSPS) is 13.6. The summed E-state index contributed by atoms with van der Waals surface area (Å²) in [5.41, 5.74) is -0.257. The summed E-state index contributed by atoms with van der Waals surface area (Å²) < 4.78 is 36.3. The summed E-state index contributed by atoms with van der Waals surface area (Å²) in [6.07, 6.45) is 4.65. The van der Waals surface area contributed by atoms with E-state index in [0.717, 1.165) is 58.0 Å². The van der Waals surface area contributed by atoms with Gasteiger partial charge in [0.25, 0.3) is 0 Å². The first kappa shape index (κ1) is 31.3. The van der Waals surface area contributed by atoms with Gasteiger partial charge < -0.3 is 27.5 Å². The van der Waals surface area contributed by atoms with Crippen molar-refractivity contribution in [3.8, 4) is 0 Å². The molecule has 0 aromatic carbocycles. The maximum Gasteiger partial charge on any atom is 0.500 e. The summed E-state index contributed by atoms with van der Waals surface area (Å²) in [5.74, 6) is 0. The maximum absolute atomic E-state index is 6.11. The van der Waals surface area contributed by atoms with E-state index in [4.69, 9.17) is 40.1 Å². The molecule has 0 N–H and O–H groups in total. The Hall–Kier alpha value is 0.327. The lowest BCUT2D eigenvalue weighted by Crippen LogP contribution is -2.49. The van der Waals surface area contributed by atoms with E-state index in [1.807, 2.05) is 20.8 Å². The molecule has 0 spiro atoms. The van der Waals surface area contributed by atoms with Crippen molar-refractivity contribution in [2.45, 2.75) is 84.9 Å². The van der Waals surface area contributed by atoms with Crippen LogP contribution in [0.15, 0.2) is 0 Å².